The fourth-order valence-electron chi connectivity index (χ4n) is 2.94. The lowest BCUT2D eigenvalue weighted by atomic mass is 10.0. The standard InChI is InChI=1S/C22H29NO3/c1-5-17-13-20(9-7-18(17)8-10-22(24)25-6-2)26-21-12-15(3)11-19(14-21)16(4)23/h7,9,11-14,16H,5-6,8,10,23H2,1-4H3. The Morgan fingerprint density at radius 3 is 2.50 bits per heavy atom. The summed E-state index contributed by atoms with van der Waals surface area (Å²) < 4.78 is 11.1. The van der Waals surface area contributed by atoms with Crippen LogP contribution in [0.4, 0.5) is 0 Å². The van der Waals surface area contributed by atoms with Gasteiger partial charge < -0.3 is 15.2 Å². The maximum absolute atomic E-state index is 11.6. The van der Waals surface area contributed by atoms with Gasteiger partial charge in [0.15, 0.2) is 0 Å². The van der Waals surface area contributed by atoms with Crippen LogP contribution in [0, 0.1) is 6.92 Å². The van der Waals surface area contributed by atoms with E-state index >= 15 is 0 Å². The Labute approximate surface area is 156 Å². The number of benzene rings is 2. The smallest absolute Gasteiger partial charge is 0.306 e. The molecule has 0 aliphatic heterocycles. The van der Waals surface area contributed by atoms with Crippen molar-refractivity contribution in [2.24, 2.45) is 5.73 Å². The summed E-state index contributed by atoms with van der Waals surface area (Å²) in [5, 5.41) is 0. The van der Waals surface area contributed by atoms with Crippen LogP contribution in [-0.2, 0) is 22.4 Å². The summed E-state index contributed by atoms with van der Waals surface area (Å²) in [5.74, 6) is 1.43. The number of esters is 1. The molecule has 0 aliphatic rings. The van der Waals surface area contributed by atoms with Crippen LogP contribution in [-0.4, -0.2) is 12.6 Å². The number of carbonyl (C=O) groups excluding carboxylic acids is 1. The highest BCUT2D eigenvalue weighted by Gasteiger charge is 2.09. The van der Waals surface area contributed by atoms with Crippen LogP contribution < -0.4 is 10.5 Å². The van der Waals surface area contributed by atoms with E-state index in [1.807, 2.05) is 51.1 Å². The SMILES string of the molecule is CCOC(=O)CCc1ccc(Oc2cc(C)cc(C(C)N)c2)cc1CC. The number of nitrogens with two attached hydrogens (primary N) is 1. The van der Waals surface area contributed by atoms with Crippen molar-refractivity contribution < 1.29 is 14.3 Å². The van der Waals surface area contributed by atoms with E-state index in [1.165, 1.54) is 5.56 Å². The van der Waals surface area contributed by atoms with Crippen LogP contribution in [0.1, 0.15) is 55.5 Å². The number of ether oxygens (including phenoxy) is 2. The minimum Gasteiger partial charge on any atom is -0.466 e. The van der Waals surface area contributed by atoms with Gasteiger partial charge in [0.25, 0.3) is 0 Å². The zero-order chi connectivity index (χ0) is 19.1. The van der Waals surface area contributed by atoms with E-state index in [-0.39, 0.29) is 12.0 Å². The molecule has 0 fully saturated rings. The molecule has 2 rings (SSSR count). The lowest BCUT2D eigenvalue weighted by Gasteiger charge is -2.14. The molecule has 0 saturated carbocycles. The number of hydrogen-bond donors (Lipinski definition) is 1. The van der Waals surface area contributed by atoms with Crippen molar-refractivity contribution >= 4 is 5.97 Å². The number of hydrogen-bond acceptors (Lipinski definition) is 4. The van der Waals surface area contributed by atoms with Gasteiger partial charge in [-0.15, -0.1) is 0 Å². The molecular weight excluding hydrogens is 326 g/mol. The van der Waals surface area contributed by atoms with Gasteiger partial charge in [-0.05, 0) is 80.1 Å². The molecule has 0 spiro atoms. The lowest BCUT2D eigenvalue weighted by molar-refractivity contribution is -0.143. The molecule has 0 saturated heterocycles. The molecule has 0 aliphatic carbocycles. The monoisotopic (exact) mass is 355 g/mol. The van der Waals surface area contributed by atoms with Crippen LogP contribution in [0.25, 0.3) is 0 Å². The van der Waals surface area contributed by atoms with Crippen LogP contribution in [0.3, 0.4) is 0 Å². The maximum atomic E-state index is 11.6. The first kappa shape index (κ1) is 20.0. The highest BCUT2D eigenvalue weighted by atomic mass is 16.5. The predicted molar refractivity (Wildman–Crippen MR) is 105 cm³/mol. The van der Waals surface area contributed by atoms with E-state index in [0.717, 1.165) is 34.6 Å². The molecule has 0 heterocycles. The van der Waals surface area contributed by atoms with Gasteiger partial charge in [-0.3, -0.25) is 4.79 Å². The van der Waals surface area contributed by atoms with Gasteiger partial charge in [0.2, 0.25) is 0 Å². The molecule has 0 radical (unpaired) electrons. The predicted octanol–water partition coefficient (Wildman–Crippen LogP) is 4.87. The number of aryl methyl sites for hydroxylation is 3. The summed E-state index contributed by atoms with van der Waals surface area (Å²) in [4.78, 5) is 11.6. The molecule has 4 nitrogen and oxygen atoms in total. The van der Waals surface area contributed by atoms with E-state index in [0.29, 0.717) is 19.4 Å². The quantitative estimate of drug-likeness (QED) is 0.687. The van der Waals surface area contributed by atoms with Crippen molar-refractivity contribution in [3.8, 4) is 11.5 Å². The van der Waals surface area contributed by atoms with Gasteiger partial charge in [0, 0.05) is 12.5 Å². The van der Waals surface area contributed by atoms with Crippen molar-refractivity contribution in [3.05, 3.63) is 58.7 Å². The fourth-order valence-corrected chi connectivity index (χ4v) is 2.94. The molecular formula is C22H29NO3. The first-order valence-corrected chi connectivity index (χ1v) is 9.25. The van der Waals surface area contributed by atoms with Crippen LogP contribution in [0.5, 0.6) is 11.5 Å². The largest absolute Gasteiger partial charge is 0.466 e. The van der Waals surface area contributed by atoms with Gasteiger partial charge in [-0.25, -0.2) is 0 Å². The first-order chi connectivity index (χ1) is 12.4. The molecule has 2 aromatic rings. The summed E-state index contributed by atoms with van der Waals surface area (Å²) in [6.45, 7) is 8.35. The van der Waals surface area contributed by atoms with Gasteiger partial charge >= 0.3 is 5.97 Å². The Morgan fingerprint density at radius 1 is 1.08 bits per heavy atom. The molecule has 1 unspecified atom stereocenters. The van der Waals surface area contributed by atoms with Crippen molar-refractivity contribution in [1.29, 1.82) is 0 Å². The lowest BCUT2D eigenvalue weighted by Crippen LogP contribution is -2.06. The Balaban J connectivity index is 2.15. The Bertz CT molecular complexity index is 753. The van der Waals surface area contributed by atoms with Crippen LogP contribution in [0.2, 0.25) is 0 Å². The zero-order valence-electron chi connectivity index (χ0n) is 16.2. The number of carbonyl (C=O) groups is 1. The molecule has 0 amide bonds. The molecule has 0 bridgehead atoms. The topological polar surface area (TPSA) is 61.5 Å². The molecule has 2 N–H and O–H groups in total. The first-order valence-electron chi connectivity index (χ1n) is 9.25. The highest BCUT2D eigenvalue weighted by molar-refractivity contribution is 5.69. The normalized spacial score (nSPS) is 11.9. The summed E-state index contributed by atoms with van der Waals surface area (Å²) in [5.41, 5.74) is 10.5. The summed E-state index contributed by atoms with van der Waals surface area (Å²) >= 11 is 0. The van der Waals surface area contributed by atoms with E-state index < -0.39 is 0 Å². The minimum atomic E-state index is -0.155. The zero-order valence-corrected chi connectivity index (χ0v) is 16.2. The van der Waals surface area contributed by atoms with Crippen molar-refractivity contribution in [3.63, 3.8) is 0 Å². The second-order valence-corrected chi connectivity index (χ2v) is 6.56. The molecule has 0 aromatic heterocycles. The second kappa shape index (κ2) is 9.39. The molecule has 2 aromatic carbocycles. The van der Waals surface area contributed by atoms with E-state index in [4.69, 9.17) is 15.2 Å². The van der Waals surface area contributed by atoms with Crippen molar-refractivity contribution in [2.75, 3.05) is 6.61 Å². The van der Waals surface area contributed by atoms with Crippen molar-refractivity contribution in [2.45, 2.75) is 53.0 Å². The number of rotatable bonds is 8. The fraction of sp³-hybridized carbons (Fsp3) is 0.409. The third kappa shape index (κ3) is 5.60. The van der Waals surface area contributed by atoms with E-state index in [2.05, 4.69) is 13.0 Å². The van der Waals surface area contributed by atoms with Crippen LogP contribution >= 0.6 is 0 Å². The molecule has 140 valence electrons. The summed E-state index contributed by atoms with van der Waals surface area (Å²) in [6, 6.07) is 12.1. The van der Waals surface area contributed by atoms with E-state index in [9.17, 15) is 4.79 Å². The summed E-state index contributed by atoms with van der Waals surface area (Å²) in [6.07, 6.45) is 1.96. The van der Waals surface area contributed by atoms with Gasteiger partial charge in [-0.2, -0.15) is 0 Å². The second-order valence-electron chi connectivity index (χ2n) is 6.56. The molecule has 1 atom stereocenters. The third-order valence-electron chi connectivity index (χ3n) is 4.30. The molecule has 4 heteroatoms. The maximum Gasteiger partial charge on any atom is 0.306 e. The average Bonchev–Trinajstić information content (AvgIpc) is 2.60. The average molecular weight is 355 g/mol. The van der Waals surface area contributed by atoms with E-state index in [1.54, 1.807) is 0 Å². The van der Waals surface area contributed by atoms with Gasteiger partial charge in [0.1, 0.15) is 11.5 Å². The summed E-state index contributed by atoms with van der Waals surface area (Å²) in [7, 11) is 0. The minimum absolute atomic E-state index is 0.0336. The molecule has 26 heavy (non-hydrogen) atoms. The van der Waals surface area contributed by atoms with Crippen molar-refractivity contribution in [1.82, 2.24) is 0 Å². The highest BCUT2D eigenvalue weighted by Crippen LogP contribution is 2.28. The van der Waals surface area contributed by atoms with Crippen LogP contribution in [0.15, 0.2) is 36.4 Å². The Morgan fingerprint density at radius 2 is 1.85 bits per heavy atom. The third-order valence-corrected chi connectivity index (χ3v) is 4.30. The van der Waals surface area contributed by atoms with Gasteiger partial charge in [-0.1, -0.05) is 19.1 Å². The Hall–Kier alpha value is -2.33. The Kier molecular flexibility index (Phi) is 7.22. The van der Waals surface area contributed by atoms with Gasteiger partial charge in [0.05, 0.1) is 6.61 Å².